The fraction of sp³-hybridized carbons (Fsp3) is 0.278. The monoisotopic (exact) mass is 582 g/mol. The van der Waals surface area contributed by atoms with Crippen LogP contribution < -0.4 is 15.9 Å². The second kappa shape index (κ2) is 12.9. The lowest BCUT2D eigenvalue weighted by Crippen LogP contribution is -2.43. The molecule has 0 unspecified atom stereocenters. The molecule has 0 aliphatic carbocycles. The van der Waals surface area contributed by atoms with E-state index in [2.05, 4.69) is 84.9 Å². The van der Waals surface area contributed by atoms with Gasteiger partial charge in [0.05, 0.1) is 12.7 Å². The van der Waals surface area contributed by atoms with Crippen molar-refractivity contribution in [3.63, 3.8) is 0 Å². The van der Waals surface area contributed by atoms with Gasteiger partial charge in [0.1, 0.15) is 34.4 Å². The van der Waals surface area contributed by atoms with Crippen LogP contribution in [-0.4, -0.2) is 28.3 Å². The average Bonchev–Trinajstić information content (AvgIpc) is 2.94. The first-order chi connectivity index (χ1) is 19.9. The highest BCUT2D eigenvalue weighted by molar-refractivity contribution is 7.95. The molecule has 0 bridgehead atoms. The van der Waals surface area contributed by atoms with E-state index in [1.807, 2.05) is 30.3 Å². The van der Waals surface area contributed by atoms with E-state index in [9.17, 15) is 9.59 Å². The van der Waals surface area contributed by atoms with Gasteiger partial charge in [-0.3, -0.25) is 0 Å². The molecule has 4 aromatic rings. The van der Waals surface area contributed by atoms with Crippen LogP contribution in [0.25, 0.3) is 0 Å². The van der Waals surface area contributed by atoms with E-state index in [-0.39, 0.29) is 6.54 Å². The van der Waals surface area contributed by atoms with Gasteiger partial charge in [0.25, 0.3) is 0 Å². The van der Waals surface area contributed by atoms with Crippen molar-refractivity contribution in [2.75, 3.05) is 0 Å². The number of rotatable bonds is 7. The van der Waals surface area contributed by atoms with Crippen molar-refractivity contribution in [3.8, 4) is 0 Å². The second-order valence-corrected chi connectivity index (χ2v) is 15.8. The average molecular weight is 583 g/mol. The zero-order valence-corrected chi connectivity index (χ0v) is 26.3. The lowest BCUT2D eigenvalue weighted by Gasteiger charge is -2.30. The third-order valence-corrected chi connectivity index (χ3v) is 10.9. The molecule has 0 aliphatic heterocycles. The number of ether oxygens (including phenoxy) is 2. The minimum Gasteiger partial charge on any atom is -0.443 e. The molecule has 2 amide bonds. The Bertz CT molecular complexity index is 1410. The number of carbonyl (C=O) groups excluding carboxylic acids is 2. The first kappa shape index (κ1) is 31.0. The molecule has 0 saturated carbocycles. The second-order valence-electron chi connectivity index (χ2n) is 12.3. The molecule has 6 heteroatoms. The van der Waals surface area contributed by atoms with Crippen molar-refractivity contribution in [3.05, 3.63) is 126 Å². The number of nitrogens with zero attached hydrogens (tertiary/aromatic N) is 1. The van der Waals surface area contributed by atoms with Crippen molar-refractivity contribution in [1.29, 1.82) is 0 Å². The highest BCUT2D eigenvalue weighted by Gasteiger charge is 2.45. The van der Waals surface area contributed by atoms with Crippen molar-refractivity contribution >= 4 is 35.4 Å². The van der Waals surface area contributed by atoms with Crippen molar-refractivity contribution in [2.24, 2.45) is 0 Å². The predicted molar refractivity (Wildman–Crippen MR) is 173 cm³/mol. The van der Waals surface area contributed by atoms with Crippen LogP contribution in [0.2, 0.25) is 0 Å². The number of imide groups is 1. The summed E-state index contributed by atoms with van der Waals surface area (Å²) in [7, 11) is -2.21. The lowest BCUT2D eigenvalue weighted by molar-refractivity contribution is -0.000248. The summed E-state index contributed by atoms with van der Waals surface area (Å²) < 4.78 is 11.2. The van der Waals surface area contributed by atoms with Crippen LogP contribution in [0, 0.1) is 0 Å². The Hall–Kier alpha value is -3.95. The van der Waals surface area contributed by atoms with Gasteiger partial charge in [0.15, 0.2) is 0 Å². The van der Waals surface area contributed by atoms with Crippen LogP contribution in [0.3, 0.4) is 0 Å². The molecule has 0 aromatic heterocycles. The third-order valence-electron chi connectivity index (χ3n) is 6.58. The summed E-state index contributed by atoms with van der Waals surface area (Å²) in [6, 6.07) is 40.1. The number of benzene rings is 4. The molecule has 42 heavy (non-hydrogen) atoms. The summed E-state index contributed by atoms with van der Waals surface area (Å²) in [4.78, 5) is 27.6. The van der Waals surface area contributed by atoms with Crippen LogP contribution >= 0.6 is 7.26 Å². The SMILES string of the molecule is CC(C)(C)OC(=O)N(Cc1cccc([P+](Cc2ccccc2)(c2ccccc2)c2ccccc2)c1)C(=O)OC(C)(C)C. The predicted octanol–water partition coefficient (Wildman–Crippen LogP) is 7.85. The summed E-state index contributed by atoms with van der Waals surface area (Å²) in [6.07, 6.45) is -0.648. The van der Waals surface area contributed by atoms with Crippen molar-refractivity contribution < 1.29 is 19.1 Å². The van der Waals surface area contributed by atoms with Gasteiger partial charge < -0.3 is 9.47 Å². The van der Waals surface area contributed by atoms with Crippen LogP contribution in [0.5, 0.6) is 0 Å². The standard InChI is InChI=1S/C36H41NO4P/c1-35(2,3)40-33(38)37(34(39)41-36(4,5)6)26-29-19-16-24-32(25-29)42(30-20-12-8-13-21-30,31-22-14-9-15-23-31)27-28-17-10-7-11-18-28/h7-25H,26-27H2,1-6H3/q+1. The smallest absolute Gasteiger partial charge is 0.420 e. The van der Waals surface area contributed by atoms with E-state index in [1.54, 1.807) is 41.5 Å². The maximum absolute atomic E-state index is 13.3. The van der Waals surface area contributed by atoms with E-state index in [4.69, 9.17) is 9.47 Å². The molecule has 4 rings (SSSR count). The van der Waals surface area contributed by atoms with Gasteiger partial charge in [-0.2, -0.15) is 0 Å². The normalized spacial score (nSPS) is 12.0. The van der Waals surface area contributed by atoms with Crippen molar-refractivity contribution in [1.82, 2.24) is 4.90 Å². The highest BCUT2D eigenvalue weighted by Crippen LogP contribution is 2.58. The minimum absolute atomic E-state index is 0.0204. The summed E-state index contributed by atoms with van der Waals surface area (Å²) in [5.41, 5.74) is 0.522. The molecule has 0 aliphatic rings. The zero-order valence-electron chi connectivity index (χ0n) is 25.4. The van der Waals surface area contributed by atoms with Gasteiger partial charge in [-0.25, -0.2) is 14.5 Å². The first-order valence-corrected chi connectivity index (χ1v) is 16.2. The van der Waals surface area contributed by atoms with Gasteiger partial charge in [-0.05, 0) is 89.1 Å². The lowest BCUT2D eigenvalue weighted by atomic mass is 10.2. The Morgan fingerprint density at radius 1 is 0.571 bits per heavy atom. The molecule has 0 radical (unpaired) electrons. The zero-order chi connectivity index (χ0) is 30.4. The van der Waals surface area contributed by atoms with Crippen LogP contribution in [0.15, 0.2) is 115 Å². The number of hydrogen-bond acceptors (Lipinski definition) is 4. The fourth-order valence-corrected chi connectivity index (χ4v) is 9.15. The summed E-state index contributed by atoms with van der Waals surface area (Å²) in [5, 5.41) is 3.68. The molecule has 0 fully saturated rings. The molecule has 0 heterocycles. The van der Waals surface area contributed by atoms with Crippen LogP contribution in [0.1, 0.15) is 52.7 Å². The molecule has 5 nitrogen and oxygen atoms in total. The summed E-state index contributed by atoms with van der Waals surface area (Å²) in [5.74, 6) is 0. The number of hydrogen-bond donors (Lipinski definition) is 0. The molecule has 0 atom stereocenters. The van der Waals surface area contributed by atoms with E-state index in [1.165, 1.54) is 16.2 Å². The summed E-state index contributed by atoms with van der Waals surface area (Å²) in [6.45, 7) is 10.7. The van der Waals surface area contributed by atoms with Gasteiger partial charge in [-0.1, -0.05) is 78.9 Å². The quantitative estimate of drug-likeness (QED) is 0.208. The number of amides is 2. The van der Waals surface area contributed by atoms with Gasteiger partial charge in [-0.15, -0.1) is 0 Å². The minimum atomic E-state index is -2.21. The summed E-state index contributed by atoms with van der Waals surface area (Å²) >= 11 is 0. The van der Waals surface area contributed by atoms with E-state index in [0.717, 1.165) is 21.9 Å². The first-order valence-electron chi connectivity index (χ1n) is 14.2. The molecule has 4 aromatic carbocycles. The maximum Gasteiger partial charge on any atom is 0.420 e. The maximum atomic E-state index is 13.3. The number of carbonyl (C=O) groups is 2. The molecule has 0 N–H and O–H groups in total. The van der Waals surface area contributed by atoms with E-state index >= 15 is 0 Å². The Balaban J connectivity index is 1.85. The Morgan fingerprint density at radius 2 is 0.976 bits per heavy atom. The van der Waals surface area contributed by atoms with Crippen LogP contribution in [-0.2, 0) is 22.2 Å². The van der Waals surface area contributed by atoms with E-state index < -0.39 is 30.7 Å². The molecular formula is C36H41NO4P+. The molecule has 0 saturated heterocycles. The Kier molecular flexibility index (Phi) is 9.53. The van der Waals surface area contributed by atoms with Gasteiger partial charge >= 0.3 is 12.2 Å². The molecule has 0 spiro atoms. The van der Waals surface area contributed by atoms with Crippen LogP contribution in [0.4, 0.5) is 9.59 Å². The highest BCUT2D eigenvalue weighted by atomic mass is 31.2. The molecular weight excluding hydrogens is 541 g/mol. The molecule has 218 valence electrons. The Morgan fingerprint density at radius 3 is 1.43 bits per heavy atom. The fourth-order valence-electron chi connectivity index (χ4n) is 4.86. The topological polar surface area (TPSA) is 55.8 Å². The largest absolute Gasteiger partial charge is 0.443 e. The van der Waals surface area contributed by atoms with Gasteiger partial charge in [0.2, 0.25) is 0 Å². The Labute approximate surface area is 250 Å². The van der Waals surface area contributed by atoms with Gasteiger partial charge in [0, 0.05) is 0 Å². The third kappa shape index (κ3) is 7.86. The van der Waals surface area contributed by atoms with Crippen molar-refractivity contribution in [2.45, 2.75) is 65.5 Å². The van der Waals surface area contributed by atoms with E-state index in [0.29, 0.717) is 0 Å².